The largest absolute Gasteiger partial charge is 0.487 e. The van der Waals surface area contributed by atoms with Gasteiger partial charge in [-0.2, -0.15) is 13.2 Å². The van der Waals surface area contributed by atoms with Gasteiger partial charge < -0.3 is 13.9 Å². The van der Waals surface area contributed by atoms with Crippen LogP contribution in [0, 0.1) is 6.92 Å². The number of aryl methyl sites for hydroxylation is 1. The number of ether oxygens (including phenoxy) is 2. The molecule has 198 valence electrons. The monoisotopic (exact) mass is 516 g/mol. The zero-order valence-electron chi connectivity index (χ0n) is 21.2. The van der Waals surface area contributed by atoms with Crippen molar-refractivity contribution in [3.63, 3.8) is 0 Å². The fourth-order valence-corrected chi connectivity index (χ4v) is 4.73. The topological polar surface area (TPSA) is 64.8 Å². The summed E-state index contributed by atoms with van der Waals surface area (Å²) in [7, 11) is 1.43. The number of alkyl halides is 3. The minimum absolute atomic E-state index is 0.154. The number of nitrogens with zero attached hydrogens (tertiary/aromatic N) is 2. The van der Waals surface area contributed by atoms with Gasteiger partial charge in [-0.25, -0.2) is 4.98 Å². The third-order valence-corrected chi connectivity index (χ3v) is 6.76. The number of likely N-dealkylation sites (tertiary alicyclic amines) is 1. The van der Waals surface area contributed by atoms with E-state index in [0.717, 1.165) is 61.2 Å². The summed E-state index contributed by atoms with van der Waals surface area (Å²) >= 11 is 0. The normalized spacial score (nSPS) is 16.5. The van der Waals surface area contributed by atoms with Gasteiger partial charge in [0.15, 0.2) is 0 Å². The molecule has 1 aromatic heterocycles. The molecule has 1 unspecified atom stereocenters. The van der Waals surface area contributed by atoms with Crippen molar-refractivity contribution in [2.24, 2.45) is 0 Å². The summed E-state index contributed by atoms with van der Waals surface area (Å²) in [5.41, 5.74) is 2.46. The van der Waals surface area contributed by atoms with Crippen LogP contribution in [0.5, 0.6) is 5.75 Å². The third-order valence-electron chi connectivity index (χ3n) is 6.76. The van der Waals surface area contributed by atoms with E-state index in [0.29, 0.717) is 23.6 Å². The second-order valence-electron chi connectivity index (χ2n) is 9.14. The highest BCUT2D eigenvalue weighted by molar-refractivity contribution is 5.75. The number of hydrogen-bond acceptors (Lipinski definition) is 6. The highest BCUT2D eigenvalue weighted by Gasteiger charge is 2.31. The Morgan fingerprint density at radius 2 is 1.92 bits per heavy atom. The van der Waals surface area contributed by atoms with Crippen molar-refractivity contribution in [1.29, 1.82) is 0 Å². The van der Waals surface area contributed by atoms with E-state index in [1.807, 2.05) is 12.1 Å². The van der Waals surface area contributed by atoms with E-state index in [1.165, 1.54) is 19.2 Å². The Kier molecular flexibility index (Phi) is 8.22. The summed E-state index contributed by atoms with van der Waals surface area (Å²) in [6.07, 6.45) is -0.818. The van der Waals surface area contributed by atoms with Crippen molar-refractivity contribution in [3.05, 3.63) is 70.6 Å². The van der Waals surface area contributed by atoms with Gasteiger partial charge in [-0.05, 0) is 74.2 Å². The summed E-state index contributed by atoms with van der Waals surface area (Å²) in [5.74, 6) is 1.31. The van der Waals surface area contributed by atoms with Gasteiger partial charge in [-0.3, -0.25) is 9.69 Å². The van der Waals surface area contributed by atoms with Crippen LogP contribution in [0.3, 0.4) is 0 Å². The Balaban J connectivity index is 1.49. The Hall–Kier alpha value is -3.33. The van der Waals surface area contributed by atoms with Crippen molar-refractivity contribution in [2.45, 2.75) is 64.9 Å². The molecule has 2 heterocycles. The van der Waals surface area contributed by atoms with Gasteiger partial charge >= 0.3 is 12.1 Å². The summed E-state index contributed by atoms with van der Waals surface area (Å²) in [5, 5.41) is 0. The lowest BCUT2D eigenvalue weighted by atomic mass is 9.98. The molecule has 1 aliphatic rings. The second kappa shape index (κ2) is 11.4. The number of halogens is 3. The summed E-state index contributed by atoms with van der Waals surface area (Å²) in [6, 6.07) is 10.4. The van der Waals surface area contributed by atoms with Gasteiger partial charge in [0, 0.05) is 12.1 Å². The summed E-state index contributed by atoms with van der Waals surface area (Å²) in [6.45, 7) is 5.42. The number of esters is 1. The maximum atomic E-state index is 12.9. The quantitative estimate of drug-likeness (QED) is 0.326. The van der Waals surface area contributed by atoms with Crippen LogP contribution in [-0.4, -0.2) is 35.5 Å². The first-order chi connectivity index (χ1) is 17.7. The van der Waals surface area contributed by atoms with Gasteiger partial charge in [-0.1, -0.05) is 25.5 Å². The van der Waals surface area contributed by atoms with Gasteiger partial charge in [0.25, 0.3) is 0 Å². The molecule has 4 rings (SSSR count). The van der Waals surface area contributed by atoms with Crippen molar-refractivity contribution in [2.75, 3.05) is 13.7 Å². The summed E-state index contributed by atoms with van der Waals surface area (Å²) < 4.78 is 55.5. The minimum Gasteiger partial charge on any atom is -0.487 e. The molecule has 1 aliphatic heterocycles. The molecular weight excluding hydrogens is 485 g/mol. The Morgan fingerprint density at radius 1 is 1.16 bits per heavy atom. The van der Waals surface area contributed by atoms with Crippen molar-refractivity contribution >= 4 is 5.97 Å². The van der Waals surface area contributed by atoms with Gasteiger partial charge in [0.1, 0.15) is 29.9 Å². The molecule has 3 aromatic rings. The predicted molar refractivity (Wildman–Crippen MR) is 132 cm³/mol. The average molecular weight is 517 g/mol. The highest BCUT2D eigenvalue weighted by Crippen LogP contribution is 2.32. The average Bonchev–Trinajstić information content (AvgIpc) is 3.27. The molecule has 37 heavy (non-hydrogen) atoms. The molecule has 0 bridgehead atoms. The molecule has 0 amide bonds. The molecule has 1 fully saturated rings. The number of oxazole rings is 1. The fraction of sp³-hybridized carbons (Fsp3) is 0.429. The fourth-order valence-electron chi connectivity index (χ4n) is 4.73. The van der Waals surface area contributed by atoms with Crippen molar-refractivity contribution in [1.82, 2.24) is 9.88 Å². The van der Waals surface area contributed by atoms with Crippen LogP contribution in [0.25, 0.3) is 11.5 Å². The number of benzene rings is 2. The van der Waals surface area contributed by atoms with Crippen LogP contribution in [0.15, 0.2) is 46.9 Å². The number of methoxy groups -OCH3 is 1. The number of aromatic nitrogens is 1. The molecule has 0 aliphatic carbocycles. The van der Waals surface area contributed by atoms with Crippen molar-refractivity contribution < 1.29 is 31.9 Å². The smallest absolute Gasteiger partial charge is 0.416 e. The zero-order valence-corrected chi connectivity index (χ0v) is 21.2. The molecule has 9 heteroatoms. The van der Waals surface area contributed by atoms with E-state index >= 15 is 0 Å². The molecule has 0 radical (unpaired) electrons. The lowest BCUT2D eigenvalue weighted by Gasteiger charge is -2.34. The first kappa shape index (κ1) is 26.7. The van der Waals surface area contributed by atoms with Crippen molar-refractivity contribution in [3.8, 4) is 17.2 Å². The minimum atomic E-state index is -4.40. The number of piperidine rings is 1. The van der Waals surface area contributed by atoms with Crippen LogP contribution in [-0.2, 0) is 35.3 Å². The Bertz CT molecular complexity index is 1220. The molecule has 0 saturated carbocycles. The SMILES string of the molecule is CCc1c(CN2CCCCC2C(=O)OC)cccc1OCc1nc(-c2ccc(C(F)(F)F)cc2)oc1C. The molecular formula is C28H31F3N2O4. The first-order valence-corrected chi connectivity index (χ1v) is 12.4. The molecule has 1 atom stereocenters. The summed E-state index contributed by atoms with van der Waals surface area (Å²) in [4.78, 5) is 18.9. The highest BCUT2D eigenvalue weighted by atomic mass is 19.4. The predicted octanol–water partition coefficient (Wildman–Crippen LogP) is 6.34. The Labute approximate surface area is 214 Å². The van der Waals surface area contributed by atoms with Crippen LogP contribution < -0.4 is 4.74 Å². The van der Waals surface area contributed by atoms with E-state index in [-0.39, 0.29) is 24.5 Å². The first-order valence-electron chi connectivity index (χ1n) is 12.4. The maximum Gasteiger partial charge on any atom is 0.416 e. The Morgan fingerprint density at radius 3 is 2.59 bits per heavy atom. The van der Waals surface area contributed by atoms with E-state index < -0.39 is 11.7 Å². The van der Waals surface area contributed by atoms with E-state index in [9.17, 15) is 18.0 Å². The van der Waals surface area contributed by atoms with Crippen LogP contribution in [0.4, 0.5) is 13.2 Å². The number of hydrogen-bond donors (Lipinski definition) is 0. The number of rotatable bonds is 8. The number of carbonyl (C=O) groups excluding carboxylic acids is 1. The maximum absolute atomic E-state index is 12.9. The molecule has 0 N–H and O–H groups in total. The van der Waals surface area contributed by atoms with Crippen LogP contribution >= 0.6 is 0 Å². The van der Waals surface area contributed by atoms with Gasteiger partial charge in [0.05, 0.1) is 12.7 Å². The van der Waals surface area contributed by atoms with E-state index in [2.05, 4.69) is 22.9 Å². The van der Waals surface area contributed by atoms with Gasteiger partial charge in [0.2, 0.25) is 5.89 Å². The molecule has 6 nitrogen and oxygen atoms in total. The van der Waals surface area contributed by atoms with Crippen LogP contribution in [0.1, 0.15) is 54.3 Å². The molecule has 1 saturated heterocycles. The van der Waals surface area contributed by atoms with Gasteiger partial charge in [-0.15, -0.1) is 0 Å². The lowest BCUT2D eigenvalue weighted by molar-refractivity contribution is -0.148. The lowest BCUT2D eigenvalue weighted by Crippen LogP contribution is -2.44. The van der Waals surface area contributed by atoms with E-state index in [1.54, 1.807) is 6.92 Å². The molecule has 2 aromatic carbocycles. The number of carbonyl (C=O) groups is 1. The second-order valence-corrected chi connectivity index (χ2v) is 9.14. The third kappa shape index (κ3) is 6.15. The van der Waals surface area contributed by atoms with E-state index in [4.69, 9.17) is 13.9 Å². The zero-order chi connectivity index (χ0) is 26.6. The standard InChI is InChI=1S/C28H31F3N2O4/c1-4-22-20(16-33-15-6-5-9-24(33)27(34)35-3)8-7-10-25(22)36-17-23-18(2)37-26(32-23)19-11-13-21(14-12-19)28(29,30)31/h7-8,10-14,24H,4-6,9,15-17H2,1-3H3. The van der Waals surface area contributed by atoms with Crippen LogP contribution in [0.2, 0.25) is 0 Å². The molecule has 0 spiro atoms.